The first-order chi connectivity index (χ1) is 5.09. The van der Waals surface area contributed by atoms with Crippen LogP contribution in [0.5, 0.6) is 0 Å². The van der Waals surface area contributed by atoms with Crippen molar-refractivity contribution < 1.29 is 19.7 Å². The second kappa shape index (κ2) is 4.87. The molecule has 0 saturated heterocycles. The van der Waals surface area contributed by atoms with Gasteiger partial charge >= 0.3 is 5.97 Å². The quantitative estimate of drug-likeness (QED) is 0.556. The lowest BCUT2D eigenvalue weighted by molar-refractivity contribution is -0.134. The van der Waals surface area contributed by atoms with E-state index in [1.54, 1.807) is 6.92 Å². The van der Waals surface area contributed by atoms with Crippen LogP contribution >= 0.6 is 0 Å². The maximum absolute atomic E-state index is 10.3. The molecule has 0 aromatic carbocycles. The number of carboxylic acid groups (broad SMARTS) is 1. The van der Waals surface area contributed by atoms with E-state index < -0.39 is 12.1 Å². The highest BCUT2D eigenvalue weighted by Gasteiger charge is 2.12. The minimum atomic E-state index is -1.07. The fraction of sp³-hybridized carbons (Fsp3) is 0.571. The van der Waals surface area contributed by atoms with Crippen molar-refractivity contribution in [2.45, 2.75) is 13.0 Å². The molecule has 1 atom stereocenters. The Balaban J connectivity index is 3.73. The molecule has 0 aliphatic rings. The van der Waals surface area contributed by atoms with Gasteiger partial charge in [0, 0.05) is 0 Å². The Morgan fingerprint density at radius 2 is 2.27 bits per heavy atom. The summed E-state index contributed by atoms with van der Waals surface area (Å²) >= 11 is 0. The molecule has 4 nitrogen and oxygen atoms in total. The molecule has 0 fully saturated rings. The average molecular weight is 160 g/mol. The SMILES string of the molecule is C=C(C(=O)O)C(C)OCCO. The molecule has 4 heteroatoms. The lowest BCUT2D eigenvalue weighted by Crippen LogP contribution is -2.18. The number of aliphatic hydroxyl groups excluding tert-OH is 1. The van der Waals surface area contributed by atoms with Crippen LogP contribution in [0, 0.1) is 0 Å². The largest absolute Gasteiger partial charge is 0.478 e. The molecule has 0 rings (SSSR count). The smallest absolute Gasteiger partial charge is 0.333 e. The summed E-state index contributed by atoms with van der Waals surface area (Å²) in [5.41, 5.74) is -0.00144. The normalized spacial score (nSPS) is 12.5. The second-order valence-corrected chi connectivity index (χ2v) is 2.07. The van der Waals surface area contributed by atoms with E-state index in [9.17, 15) is 4.79 Å². The molecular formula is C7H12O4. The number of hydrogen-bond acceptors (Lipinski definition) is 3. The molecule has 64 valence electrons. The summed E-state index contributed by atoms with van der Waals surface area (Å²) in [6.45, 7) is 4.89. The lowest BCUT2D eigenvalue weighted by Gasteiger charge is -2.10. The van der Waals surface area contributed by atoms with Gasteiger partial charge in [-0.05, 0) is 6.92 Å². The number of ether oxygens (including phenoxy) is 1. The van der Waals surface area contributed by atoms with Crippen molar-refractivity contribution >= 4 is 5.97 Å². The van der Waals surface area contributed by atoms with Gasteiger partial charge in [0.1, 0.15) is 0 Å². The van der Waals surface area contributed by atoms with Crippen molar-refractivity contribution in [3.63, 3.8) is 0 Å². The predicted molar refractivity (Wildman–Crippen MR) is 39.3 cm³/mol. The van der Waals surface area contributed by atoms with E-state index in [0.29, 0.717) is 0 Å². The Morgan fingerprint density at radius 3 is 2.64 bits per heavy atom. The van der Waals surface area contributed by atoms with Crippen LogP contribution in [0.3, 0.4) is 0 Å². The van der Waals surface area contributed by atoms with Crippen LogP contribution in [0.4, 0.5) is 0 Å². The van der Waals surface area contributed by atoms with Crippen LogP contribution in [0.15, 0.2) is 12.2 Å². The van der Waals surface area contributed by atoms with E-state index in [1.807, 2.05) is 0 Å². The number of hydrogen-bond donors (Lipinski definition) is 2. The fourth-order valence-corrected chi connectivity index (χ4v) is 0.504. The van der Waals surface area contributed by atoms with Gasteiger partial charge in [-0.15, -0.1) is 0 Å². The molecule has 0 aromatic heterocycles. The number of aliphatic hydroxyl groups is 1. The summed E-state index contributed by atoms with van der Waals surface area (Å²) in [7, 11) is 0. The molecule has 0 aliphatic carbocycles. The third-order valence-corrected chi connectivity index (χ3v) is 1.22. The number of carboxylic acids is 1. The van der Waals surface area contributed by atoms with E-state index >= 15 is 0 Å². The molecule has 0 saturated carbocycles. The predicted octanol–water partition coefficient (Wildman–Crippen LogP) is 0.0246. The van der Waals surface area contributed by atoms with Crippen LogP contribution in [0.25, 0.3) is 0 Å². The number of rotatable bonds is 5. The van der Waals surface area contributed by atoms with Gasteiger partial charge in [0.2, 0.25) is 0 Å². The monoisotopic (exact) mass is 160 g/mol. The Morgan fingerprint density at radius 1 is 1.73 bits per heavy atom. The van der Waals surface area contributed by atoms with Crippen molar-refractivity contribution in [3.8, 4) is 0 Å². The van der Waals surface area contributed by atoms with E-state index in [2.05, 4.69) is 6.58 Å². The first kappa shape index (κ1) is 10.1. The maximum atomic E-state index is 10.3. The lowest BCUT2D eigenvalue weighted by atomic mass is 10.2. The molecule has 11 heavy (non-hydrogen) atoms. The molecule has 0 aromatic rings. The first-order valence-corrected chi connectivity index (χ1v) is 3.24. The van der Waals surface area contributed by atoms with Crippen LogP contribution < -0.4 is 0 Å². The zero-order valence-corrected chi connectivity index (χ0v) is 6.41. The molecule has 0 bridgehead atoms. The zero-order valence-electron chi connectivity index (χ0n) is 6.41. The van der Waals surface area contributed by atoms with Gasteiger partial charge in [0.25, 0.3) is 0 Å². The van der Waals surface area contributed by atoms with E-state index in [4.69, 9.17) is 14.9 Å². The van der Waals surface area contributed by atoms with E-state index in [-0.39, 0.29) is 18.8 Å². The van der Waals surface area contributed by atoms with Crippen molar-refractivity contribution in [2.24, 2.45) is 0 Å². The minimum absolute atomic E-state index is 0.00144. The van der Waals surface area contributed by atoms with Gasteiger partial charge in [-0.25, -0.2) is 4.79 Å². The van der Waals surface area contributed by atoms with Crippen LogP contribution in [0.2, 0.25) is 0 Å². The van der Waals surface area contributed by atoms with Gasteiger partial charge in [-0.3, -0.25) is 0 Å². The van der Waals surface area contributed by atoms with Crippen molar-refractivity contribution in [1.29, 1.82) is 0 Å². The highest BCUT2D eigenvalue weighted by atomic mass is 16.5. The molecule has 0 amide bonds. The van der Waals surface area contributed by atoms with E-state index in [0.717, 1.165) is 0 Å². The summed E-state index contributed by atoms with van der Waals surface area (Å²) in [6.07, 6.45) is -0.542. The Hall–Kier alpha value is -0.870. The molecule has 0 aliphatic heterocycles. The Labute approximate surface area is 65.1 Å². The highest BCUT2D eigenvalue weighted by Crippen LogP contribution is 2.02. The summed E-state index contributed by atoms with van der Waals surface area (Å²) < 4.78 is 4.88. The van der Waals surface area contributed by atoms with Gasteiger partial charge in [0.15, 0.2) is 0 Å². The van der Waals surface area contributed by atoms with Crippen LogP contribution in [0.1, 0.15) is 6.92 Å². The average Bonchev–Trinajstić information content (AvgIpc) is 1.98. The number of carbonyl (C=O) groups is 1. The molecule has 2 N–H and O–H groups in total. The summed E-state index contributed by atoms with van der Waals surface area (Å²) in [5, 5.41) is 16.7. The standard InChI is InChI=1S/C7H12O4/c1-5(7(9)10)6(2)11-4-3-8/h6,8H,1,3-4H2,2H3,(H,9,10). The van der Waals surface area contributed by atoms with Gasteiger partial charge in [0.05, 0.1) is 24.9 Å². The third-order valence-electron chi connectivity index (χ3n) is 1.22. The van der Waals surface area contributed by atoms with E-state index in [1.165, 1.54) is 0 Å². The van der Waals surface area contributed by atoms with Gasteiger partial charge in [-0.1, -0.05) is 6.58 Å². The number of aliphatic carboxylic acids is 1. The summed E-state index contributed by atoms with van der Waals surface area (Å²) in [5.74, 6) is -1.07. The van der Waals surface area contributed by atoms with Gasteiger partial charge in [-0.2, -0.15) is 0 Å². The van der Waals surface area contributed by atoms with Crippen LogP contribution in [-0.2, 0) is 9.53 Å². The van der Waals surface area contributed by atoms with Crippen molar-refractivity contribution in [2.75, 3.05) is 13.2 Å². The van der Waals surface area contributed by atoms with Gasteiger partial charge < -0.3 is 14.9 Å². The third kappa shape index (κ3) is 3.75. The minimum Gasteiger partial charge on any atom is -0.478 e. The molecule has 0 spiro atoms. The summed E-state index contributed by atoms with van der Waals surface area (Å²) in [4.78, 5) is 10.3. The summed E-state index contributed by atoms with van der Waals surface area (Å²) in [6, 6.07) is 0. The fourth-order valence-electron chi connectivity index (χ4n) is 0.504. The van der Waals surface area contributed by atoms with Crippen LogP contribution in [-0.4, -0.2) is 35.5 Å². The zero-order chi connectivity index (χ0) is 8.85. The Bertz CT molecular complexity index is 153. The topological polar surface area (TPSA) is 66.8 Å². The Kier molecular flexibility index (Phi) is 4.49. The first-order valence-electron chi connectivity index (χ1n) is 3.24. The maximum Gasteiger partial charge on any atom is 0.333 e. The molecular weight excluding hydrogens is 148 g/mol. The molecule has 0 radical (unpaired) electrons. The van der Waals surface area contributed by atoms with Crippen molar-refractivity contribution in [3.05, 3.63) is 12.2 Å². The van der Waals surface area contributed by atoms with Crippen molar-refractivity contribution in [1.82, 2.24) is 0 Å². The molecule has 0 heterocycles. The highest BCUT2D eigenvalue weighted by molar-refractivity contribution is 5.86. The molecule has 1 unspecified atom stereocenters. The second-order valence-electron chi connectivity index (χ2n) is 2.07.